The summed E-state index contributed by atoms with van der Waals surface area (Å²) in [6, 6.07) is 6.89. The van der Waals surface area contributed by atoms with Crippen molar-refractivity contribution in [3.63, 3.8) is 0 Å². The molecule has 1 aromatic heterocycles. The number of carboxylic acid groups (broad SMARTS) is 1. The molecule has 2 rings (SSSR count). The maximum atomic E-state index is 11.1. The summed E-state index contributed by atoms with van der Waals surface area (Å²) in [4.78, 5) is 12.1. The SMILES string of the molecule is O=C(O)c1cccc(Br)c1OCc1cc(Br)cs1. The molecule has 0 aliphatic heterocycles. The second-order valence-corrected chi connectivity index (χ2v) is 6.21. The minimum absolute atomic E-state index is 0.153. The number of aromatic carboxylic acids is 1. The van der Waals surface area contributed by atoms with Gasteiger partial charge in [-0.1, -0.05) is 6.07 Å². The van der Waals surface area contributed by atoms with Crippen molar-refractivity contribution in [1.29, 1.82) is 0 Å². The standard InChI is InChI=1S/C12H8Br2O3S/c13-7-4-8(18-6-7)5-17-11-9(12(15)16)2-1-3-10(11)14/h1-4,6H,5H2,(H,15,16). The van der Waals surface area contributed by atoms with Crippen LogP contribution >= 0.6 is 43.2 Å². The number of para-hydroxylation sites is 1. The van der Waals surface area contributed by atoms with Crippen LogP contribution in [0.4, 0.5) is 0 Å². The zero-order valence-corrected chi connectivity index (χ0v) is 13.0. The van der Waals surface area contributed by atoms with E-state index in [1.807, 2.05) is 11.4 Å². The molecule has 18 heavy (non-hydrogen) atoms. The first-order valence-corrected chi connectivity index (χ1v) is 7.42. The van der Waals surface area contributed by atoms with Crippen molar-refractivity contribution < 1.29 is 14.6 Å². The third-order valence-corrected chi connectivity index (χ3v) is 4.47. The number of benzene rings is 1. The molecule has 0 atom stereocenters. The molecule has 0 fully saturated rings. The van der Waals surface area contributed by atoms with Gasteiger partial charge in [-0.05, 0) is 50.1 Å². The van der Waals surface area contributed by atoms with Crippen LogP contribution in [0.1, 0.15) is 15.2 Å². The van der Waals surface area contributed by atoms with E-state index in [1.165, 1.54) is 6.07 Å². The topological polar surface area (TPSA) is 46.5 Å². The van der Waals surface area contributed by atoms with Crippen molar-refractivity contribution in [2.45, 2.75) is 6.61 Å². The Morgan fingerprint density at radius 3 is 2.78 bits per heavy atom. The molecule has 0 bridgehead atoms. The number of thiophene rings is 1. The molecule has 94 valence electrons. The average Bonchev–Trinajstić information content (AvgIpc) is 2.73. The highest BCUT2D eigenvalue weighted by molar-refractivity contribution is 9.10. The Morgan fingerprint density at radius 1 is 1.39 bits per heavy atom. The molecule has 2 aromatic rings. The Morgan fingerprint density at radius 2 is 2.17 bits per heavy atom. The second kappa shape index (κ2) is 5.86. The van der Waals surface area contributed by atoms with Crippen molar-refractivity contribution in [3.8, 4) is 5.75 Å². The van der Waals surface area contributed by atoms with Crippen LogP contribution in [-0.4, -0.2) is 11.1 Å². The summed E-state index contributed by atoms with van der Waals surface area (Å²) in [5.41, 5.74) is 0.153. The van der Waals surface area contributed by atoms with Gasteiger partial charge in [-0.15, -0.1) is 11.3 Å². The molecule has 0 amide bonds. The molecule has 1 aromatic carbocycles. The van der Waals surface area contributed by atoms with Gasteiger partial charge in [0.1, 0.15) is 17.9 Å². The van der Waals surface area contributed by atoms with Gasteiger partial charge < -0.3 is 9.84 Å². The lowest BCUT2D eigenvalue weighted by Crippen LogP contribution is -2.03. The van der Waals surface area contributed by atoms with Gasteiger partial charge in [-0.2, -0.15) is 0 Å². The summed E-state index contributed by atoms with van der Waals surface area (Å²) in [5.74, 6) is -0.645. The van der Waals surface area contributed by atoms with Crippen LogP contribution in [0.25, 0.3) is 0 Å². The van der Waals surface area contributed by atoms with Crippen LogP contribution < -0.4 is 4.74 Å². The zero-order valence-electron chi connectivity index (χ0n) is 9.02. The lowest BCUT2D eigenvalue weighted by Gasteiger charge is -2.09. The van der Waals surface area contributed by atoms with Crippen molar-refractivity contribution in [1.82, 2.24) is 0 Å². The first-order chi connectivity index (χ1) is 8.58. The number of carboxylic acids is 1. The van der Waals surface area contributed by atoms with Gasteiger partial charge in [-0.25, -0.2) is 4.79 Å². The van der Waals surface area contributed by atoms with Gasteiger partial charge in [-0.3, -0.25) is 0 Å². The predicted molar refractivity (Wildman–Crippen MR) is 77.5 cm³/mol. The van der Waals surface area contributed by atoms with Crippen LogP contribution in [-0.2, 0) is 6.61 Å². The Hall–Kier alpha value is -0.850. The highest BCUT2D eigenvalue weighted by atomic mass is 79.9. The van der Waals surface area contributed by atoms with Crippen LogP contribution in [0.5, 0.6) is 5.75 Å². The molecule has 3 nitrogen and oxygen atoms in total. The van der Waals surface area contributed by atoms with E-state index in [-0.39, 0.29) is 5.56 Å². The van der Waals surface area contributed by atoms with Crippen molar-refractivity contribution in [2.75, 3.05) is 0 Å². The quantitative estimate of drug-likeness (QED) is 0.831. The maximum absolute atomic E-state index is 11.1. The molecule has 0 radical (unpaired) electrons. The monoisotopic (exact) mass is 390 g/mol. The van der Waals surface area contributed by atoms with Crippen LogP contribution in [0.2, 0.25) is 0 Å². The van der Waals surface area contributed by atoms with E-state index in [0.717, 1.165) is 9.35 Å². The summed E-state index contributed by atoms with van der Waals surface area (Å²) in [6.07, 6.45) is 0. The second-order valence-electron chi connectivity index (χ2n) is 3.44. The number of ether oxygens (including phenoxy) is 1. The van der Waals surface area contributed by atoms with E-state index in [4.69, 9.17) is 9.84 Å². The molecule has 0 saturated carbocycles. The molecular formula is C12H8Br2O3S. The summed E-state index contributed by atoms with van der Waals surface area (Å²) in [6.45, 7) is 0.346. The highest BCUT2D eigenvalue weighted by Gasteiger charge is 2.14. The largest absolute Gasteiger partial charge is 0.486 e. The number of halogens is 2. The number of hydrogen-bond donors (Lipinski definition) is 1. The van der Waals surface area contributed by atoms with Crippen molar-refractivity contribution in [2.24, 2.45) is 0 Å². The Kier molecular flexibility index (Phi) is 4.42. The fourth-order valence-corrected chi connectivity index (χ4v) is 3.24. The molecule has 1 N–H and O–H groups in total. The van der Waals surface area contributed by atoms with Gasteiger partial charge in [0.15, 0.2) is 0 Å². The average molecular weight is 392 g/mol. The summed E-state index contributed by atoms with van der Waals surface area (Å²) in [5, 5.41) is 11.0. The minimum Gasteiger partial charge on any atom is -0.486 e. The van der Waals surface area contributed by atoms with E-state index >= 15 is 0 Å². The lowest BCUT2D eigenvalue weighted by molar-refractivity contribution is 0.0691. The Labute approximate surface area is 125 Å². The van der Waals surface area contributed by atoms with E-state index in [1.54, 1.807) is 23.5 Å². The van der Waals surface area contributed by atoms with Gasteiger partial charge in [0.05, 0.1) is 4.47 Å². The molecule has 6 heteroatoms. The van der Waals surface area contributed by atoms with Gasteiger partial charge in [0.2, 0.25) is 0 Å². The van der Waals surface area contributed by atoms with Gasteiger partial charge in [0.25, 0.3) is 0 Å². The van der Waals surface area contributed by atoms with E-state index in [0.29, 0.717) is 16.8 Å². The van der Waals surface area contributed by atoms with E-state index < -0.39 is 5.97 Å². The Bertz CT molecular complexity index is 580. The molecular weight excluding hydrogens is 384 g/mol. The fourth-order valence-electron chi connectivity index (χ4n) is 1.40. The third-order valence-electron chi connectivity index (χ3n) is 2.18. The van der Waals surface area contributed by atoms with Crippen LogP contribution in [0, 0.1) is 0 Å². The molecule has 0 unspecified atom stereocenters. The molecule has 0 saturated heterocycles. The summed E-state index contributed by atoms with van der Waals surface area (Å²) >= 11 is 8.22. The smallest absolute Gasteiger partial charge is 0.339 e. The van der Waals surface area contributed by atoms with E-state index in [2.05, 4.69) is 31.9 Å². The number of rotatable bonds is 4. The Balaban J connectivity index is 2.20. The van der Waals surface area contributed by atoms with Gasteiger partial charge >= 0.3 is 5.97 Å². The molecule has 0 aliphatic rings. The summed E-state index contributed by atoms with van der Waals surface area (Å²) < 4.78 is 7.22. The molecule has 1 heterocycles. The van der Waals surface area contributed by atoms with Crippen molar-refractivity contribution in [3.05, 3.63) is 49.0 Å². The highest BCUT2D eigenvalue weighted by Crippen LogP contribution is 2.30. The number of hydrogen-bond acceptors (Lipinski definition) is 3. The van der Waals surface area contributed by atoms with Crippen LogP contribution in [0.3, 0.4) is 0 Å². The zero-order chi connectivity index (χ0) is 13.1. The van der Waals surface area contributed by atoms with Gasteiger partial charge in [0, 0.05) is 14.7 Å². The van der Waals surface area contributed by atoms with Crippen LogP contribution in [0.15, 0.2) is 38.6 Å². The first-order valence-electron chi connectivity index (χ1n) is 4.95. The molecule has 0 aliphatic carbocycles. The van der Waals surface area contributed by atoms with E-state index in [9.17, 15) is 4.79 Å². The minimum atomic E-state index is -1.00. The first kappa shape index (κ1) is 13.6. The number of carbonyl (C=O) groups is 1. The molecule has 0 spiro atoms. The predicted octanol–water partition coefficient (Wildman–Crippen LogP) is 4.55. The maximum Gasteiger partial charge on any atom is 0.339 e. The summed E-state index contributed by atoms with van der Waals surface area (Å²) in [7, 11) is 0. The lowest BCUT2D eigenvalue weighted by atomic mass is 10.2. The third kappa shape index (κ3) is 3.13. The normalized spacial score (nSPS) is 10.3. The van der Waals surface area contributed by atoms with Crippen molar-refractivity contribution >= 4 is 49.2 Å². The fraction of sp³-hybridized carbons (Fsp3) is 0.0833.